The minimum absolute atomic E-state index is 0.0101. The highest BCUT2D eigenvalue weighted by Gasteiger charge is 2.33. The maximum Gasteiger partial charge on any atom is 0.573 e. The summed E-state index contributed by atoms with van der Waals surface area (Å²) in [5, 5.41) is 0. The van der Waals surface area contributed by atoms with Gasteiger partial charge in [0.15, 0.2) is 11.5 Å². The van der Waals surface area contributed by atoms with E-state index in [9.17, 15) is 13.2 Å². The van der Waals surface area contributed by atoms with E-state index in [1.807, 2.05) is 13.8 Å². The SMILES string of the molecule is CC(C)CC(C)(N)COc1ccc(Br)cc1OC(F)(F)F. The van der Waals surface area contributed by atoms with Crippen molar-refractivity contribution in [2.24, 2.45) is 11.7 Å². The molecular formula is C14H19BrF3NO2. The van der Waals surface area contributed by atoms with Crippen LogP contribution in [-0.4, -0.2) is 18.5 Å². The number of halogens is 4. The van der Waals surface area contributed by atoms with Crippen LogP contribution in [0.1, 0.15) is 27.2 Å². The highest BCUT2D eigenvalue weighted by Crippen LogP contribution is 2.35. The van der Waals surface area contributed by atoms with Crippen LogP contribution in [0.2, 0.25) is 0 Å². The number of rotatable bonds is 6. The van der Waals surface area contributed by atoms with Crippen LogP contribution in [0.3, 0.4) is 0 Å². The predicted octanol–water partition coefficient (Wildman–Crippen LogP) is 4.49. The Morgan fingerprint density at radius 2 is 1.86 bits per heavy atom. The van der Waals surface area contributed by atoms with E-state index in [-0.39, 0.29) is 12.4 Å². The van der Waals surface area contributed by atoms with Crippen LogP contribution < -0.4 is 15.2 Å². The van der Waals surface area contributed by atoms with Crippen LogP contribution in [0.25, 0.3) is 0 Å². The van der Waals surface area contributed by atoms with Gasteiger partial charge in [-0.15, -0.1) is 13.2 Å². The van der Waals surface area contributed by atoms with Gasteiger partial charge >= 0.3 is 6.36 Å². The van der Waals surface area contributed by atoms with Gasteiger partial charge in [-0.1, -0.05) is 29.8 Å². The Kier molecular flexibility index (Phi) is 5.92. The molecule has 1 aromatic carbocycles. The number of hydrogen-bond acceptors (Lipinski definition) is 3. The smallest absolute Gasteiger partial charge is 0.488 e. The molecule has 0 bridgehead atoms. The molecule has 0 aliphatic heterocycles. The Morgan fingerprint density at radius 1 is 1.24 bits per heavy atom. The first kappa shape index (κ1) is 18.1. The summed E-state index contributed by atoms with van der Waals surface area (Å²) in [6.07, 6.45) is -4.08. The Morgan fingerprint density at radius 3 is 2.38 bits per heavy atom. The molecule has 1 aromatic rings. The predicted molar refractivity (Wildman–Crippen MR) is 78.4 cm³/mol. The molecule has 0 aliphatic carbocycles. The van der Waals surface area contributed by atoms with E-state index in [1.165, 1.54) is 12.1 Å². The maximum atomic E-state index is 12.4. The number of hydrogen-bond donors (Lipinski definition) is 1. The molecule has 0 spiro atoms. The van der Waals surface area contributed by atoms with Gasteiger partial charge in [0, 0.05) is 10.0 Å². The zero-order valence-electron chi connectivity index (χ0n) is 12.1. The largest absolute Gasteiger partial charge is 0.573 e. The molecule has 120 valence electrons. The molecular weight excluding hydrogens is 351 g/mol. The van der Waals surface area contributed by atoms with Crippen molar-refractivity contribution in [2.75, 3.05) is 6.61 Å². The molecule has 0 amide bonds. The fourth-order valence-electron chi connectivity index (χ4n) is 2.04. The fraction of sp³-hybridized carbons (Fsp3) is 0.571. The van der Waals surface area contributed by atoms with Crippen molar-refractivity contribution in [3.8, 4) is 11.5 Å². The quantitative estimate of drug-likeness (QED) is 0.803. The molecule has 21 heavy (non-hydrogen) atoms. The van der Waals surface area contributed by atoms with Crippen LogP contribution in [-0.2, 0) is 0 Å². The molecule has 0 heterocycles. The van der Waals surface area contributed by atoms with E-state index in [0.29, 0.717) is 16.8 Å². The van der Waals surface area contributed by atoms with Gasteiger partial charge in [0.05, 0.1) is 0 Å². The van der Waals surface area contributed by atoms with Crippen molar-refractivity contribution in [3.05, 3.63) is 22.7 Å². The van der Waals surface area contributed by atoms with Crippen molar-refractivity contribution in [2.45, 2.75) is 39.1 Å². The summed E-state index contributed by atoms with van der Waals surface area (Å²) in [7, 11) is 0. The van der Waals surface area contributed by atoms with Gasteiger partial charge in [-0.3, -0.25) is 0 Å². The van der Waals surface area contributed by atoms with E-state index in [0.717, 1.165) is 0 Å². The molecule has 1 rings (SSSR count). The van der Waals surface area contributed by atoms with Gasteiger partial charge in [0.2, 0.25) is 0 Å². The normalized spacial score (nSPS) is 14.9. The van der Waals surface area contributed by atoms with Crippen molar-refractivity contribution < 1.29 is 22.6 Å². The third kappa shape index (κ3) is 7.04. The van der Waals surface area contributed by atoms with Crippen LogP contribution >= 0.6 is 15.9 Å². The van der Waals surface area contributed by atoms with Crippen molar-refractivity contribution in [1.29, 1.82) is 0 Å². The number of ether oxygens (including phenoxy) is 2. The monoisotopic (exact) mass is 369 g/mol. The molecule has 0 fully saturated rings. The second-order valence-electron chi connectivity index (χ2n) is 5.68. The van der Waals surface area contributed by atoms with Crippen LogP contribution in [0.15, 0.2) is 22.7 Å². The summed E-state index contributed by atoms with van der Waals surface area (Å²) in [6.45, 7) is 5.93. The van der Waals surface area contributed by atoms with E-state index in [1.54, 1.807) is 13.0 Å². The van der Waals surface area contributed by atoms with Gasteiger partial charge in [0.1, 0.15) is 6.61 Å². The molecule has 0 saturated heterocycles. The van der Waals surface area contributed by atoms with E-state index in [2.05, 4.69) is 20.7 Å². The van der Waals surface area contributed by atoms with Gasteiger partial charge < -0.3 is 15.2 Å². The third-order valence-corrected chi connectivity index (χ3v) is 3.06. The average Bonchev–Trinajstić information content (AvgIpc) is 2.23. The highest BCUT2D eigenvalue weighted by molar-refractivity contribution is 9.10. The van der Waals surface area contributed by atoms with Crippen LogP contribution in [0.5, 0.6) is 11.5 Å². The minimum atomic E-state index is -4.77. The molecule has 1 unspecified atom stereocenters. The standard InChI is InChI=1S/C14H19BrF3NO2/c1-9(2)7-13(3,19)8-20-11-5-4-10(15)6-12(11)21-14(16,17)18/h4-6,9H,7-8,19H2,1-3H3. The lowest BCUT2D eigenvalue weighted by Crippen LogP contribution is -2.43. The lowest BCUT2D eigenvalue weighted by molar-refractivity contribution is -0.275. The van der Waals surface area contributed by atoms with Crippen molar-refractivity contribution in [3.63, 3.8) is 0 Å². The summed E-state index contributed by atoms with van der Waals surface area (Å²) in [6, 6.07) is 4.20. The summed E-state index contributed by atoms with van der Waals surface area (Å²) in [5.74, 6) is -0.0207. The van der Waals surface area contributed by atoms with Gasteiger partial charge in [-0.2, -0.15) is 0 Å². The van der Waals surface area contributed by atoms with E-state index in [4.69, 9.17) is 10.5 Å². The second kappa shape index (κ2) is 6.87. The van der Waals surface area contributed by atoms with Crippen molar-refractivity contribution >= 4 is 15.9 Å². The van der Waals surface area contributed by atoms with E-state index >= 15 is 0 Å². The molecule has 2 N–H and O–H groups in total. The molecule has 0 saturated carbocycles. The second-order valence-corrected chi connectivity index (χ2v) is 6.60. The Hall–Kier alpha value is -0.950. The molecule has 0 aromatic heterocycles. The first-order chi connectivity index (χ1) is 9.48. The van der Waals surface area contributed by atoms with E-state index < -0.39 is 17.7 Å². The lowest BCUT2D eigenvalue weighted by atomic mass is 9.93. The van der Waals surface area contributed by atoms with Crippen molar-refractivity contribution in [1.82, 2.24) is 0 Å². The molecule has 1 atom stereocenters. The molecule has 0 radical (unpaired) electrons. The fourth-order valence-corrected chi connectivity index (χ4v) is 2.38. The van der Waals surface area contributed by atoms with Crippen LogP contribution in [0.4, 0.5) is 13.2 Å². The number of alkyl halides is 3. The summed E-state index contributed by atoms with van der Waals surface area (Å²) in [5.41, 5.74) is 5.45. The summed E-state index contributed by atoms with van der Waals surface area (Å²) >= 11 is 3.10. The van der Waals surface area contributed by atoms with Gasteiger partial charge in [-0.25, -0.2) is 0 Å². The first-order valence-electron chi connectivity index (χ1n) is 6.45. The zero-order valence-corrected chi connectivity index (χ0v) is 13.7. The molecule has 0 aliphatic rings. The maximum absolute atomic E-state index is 12.4. The third-order valence-electron chi connectivity index (χ3n) is 2.56. The Balaban J connectivity index is 2.83. The Labute approximate surface area is 130 Å². The summed E-state index contributed by atoms with van der Waals surface area (Å²) in [4.78, 5) is 0. The number of nitrogens with two attached hydrogens (primary N) is 1. The highest BCUT2D eigenvalue weighted by atomic mass is 79.9. The first-order valence-corrected chi connectivity index (χ1v) is 7.25. The molecule has 7 heteroatoms. The van der Waals surface area contributed by atoms with Gasteiger partial charge in [0.25, 0.3) is 0 Å². The lowest BCUT2D eigenvalue weighted by Gasteiger charge is -2.27. The van der Waals surface area contributed by atoms with Crippen LogP contribution in [0, 0.1) is 5.92 Å². The average molecular weight is 370 g/mol. The number of benzene rings is 1. The summed E-state index contributed by atoms with van der Waals surface area (Å²) < 4.78 is 47.0. The zero-order chi connectivity index (χ0) is 16.3. The topological polar surface area (TPSA) is 44.5 Å². The Bertz CT molecular complexity index is 476. The minimum Gasteiger partial charge on any atom is -0.488 e. The molecule has 3 nitrogen and oxygen atoms in total. The van der Waals surface area contributed by atoms with Gasteiger partial charge in [-0.05, 0) is 37.5 Å².